The zero-order valence-corrected chi connectivity index (χ0v) is 17.6. The molecule has 2 atom stereocenters. The Morgan fingerprint density at radius 2 is 2.10 bits per heavy atom. The predicted octanol–water partition coefficient (Wildman–Crippen LogP) is 0.577. The molecular weight excluding hydrogens is 416 g/mol. The number of carboxylic acids is 1. The van der Waals surface area contributed by atoms with Gasteiger partial charge in [-0.2, -0.15) is 11.8 Å². The fraction of sp³-hybridized carbons (Fsp3) is 0.474. The molecule has 1 aliphatic heterocycles. The van der Waals surface area contributed by atoms with Gasteiger partial charge in [0.1, 0.15) is 30.2 Å². The number of methoxy groups -OCH3 is 1. The summed E-state index contributed by atoms with van der Waals surface area (Å²) in [6.07, 6.45) is 0.0863. The van der Waals surface area contributed by atoms with E-state index >= 15 is 0 Å². The fourth-order valence-corrected chi connectivity index (χ4v) is 3.94. The number of aliphatic carboxylic acids is 1. The molecule has 30 heavy (non-hydrogen) atoms. The Hall–Kier alpha value is -2.95. The summed E-state index contributed by atoms with van der Waals surface area (Å²) in [5, 5.41) is 24.6. The zero-order chi connectivity index (χ0) is 22.4. The van der Waals surface area contributed by atoms with Gasteiger partial charge in [-0.25, -0.2) is 9.59 Å². The third kappa shape index (κ3) is 5.35. The first-order chi connectivity index (χ1) is 14.2. The number of carboxylic acid groups (broad SMARTS) is 1. The monoisotopic (exact) mass is 440 g/mol. The first kappa shape index (κ1) is 23.3. The number of amides is 2. The molecule has 0 aliphatic carbocycles. The Morgan fingerprint density at radius 3 is 2.70 bits per heavy atom. The molecule has 0 unspecified atom stereocenters. The number of cyclic esters (lactones) is 1. The fourth-order valence-electron chi connectivity index (χ4n) is 2.87. The van der Waals surface area contributed by atoms with Crippen molar-refractivity contribution in [2.45, 2.75) is 38.1 Å². The summed E-state index contributed by atoms with van der Waals surface area (Å²) >= 11 is 1.12. The number of ether oxygens (including phenoxy) is 2. The Morgan fingerprint density at radius 1 is 1.40 bits per heavy atom. The third-order valence-corrected chi connectivity index (χ3v) is 5.61. The maximum atomic E-state index is 12.8. The number of phenolic OH excluding ortho intramolecular Hbond substituents is 1. The molecule has 0 aromatic heterocycles. The standard InChI is InChI=1S/C19H24N2O8S/c1-4-15(23)20-11-6-29-19(27)16-9(2)14(28-3)5-13(22)10(16)7-30-8-12(18(25)26)21-17(11)24/h5,11-12,22H,4,6-8H2,1-3H3,(H,20,23)(H,21,24)(H,25,26)/t11-,12-/m0/s1. The van der Waals surface area contributed by atoms with Crippen molar-refractivity contribution in [3.8, 4) is 11.5 Å². The highest BCUT2D eigenvalue weighted by Gasteiger charge is 2.30. The minimum absolute atomic E-state index is 0.0193. The minimum Gasteiger partial charge on any atom is -0.507 e. The summed E-state index contributed by atoms with van der Waals surface area (Å²) in [4.78, 5) is 48.6. The summed E-state index contributed by atoms with van der Waals surface area (Å²) in [5.74, 6) is -3.11. The van der Waals surface area contributed by atoms with E-state index < -0.39 is 42.4 Å². The van der Waals surface area contributed by atoms with Gasteiger partial charge in [0.15, 0.2) is 0 Å². The molecule has 0 saturated heterocycles. The quantitative estimate of drug-likeness (QED) is 0.493. The number of hydrogen-bond acceptors (Lipinski definition) is 8. The maximum Gasteiger partial charge on any atom is 0.339 e. The lowest BCUT2D eigenvalue weighted by Gasteiger charge is -2.23. The van der Waals surface area contributed by atoms with Gasteiger partial charge in [-0.15, -0.1) is 0 Å². The third-order valence-electron chi connectivity index (χ3n) is 4.55. The molecule has 4 N–H and O–H groups in total. The molecule has 0 spiro atoms. The van der Waals surface area contributed by atoms with Gasteiger partial charge in [0.05, 0.1) is 12.7 Å². The van der Waals surface area contributed by atoms with Crippen molar-refractivity contribution in [3.63, 3.8) is 0 Å². The van der Waals surface area contributed by atoms with E-state index in [1.54, 1.807) is 13.8 Å². The van der Waals surface area contributed by atoms with E-state index in [1.165, 1.54) is 13.2 Å². The Bertz CT molecular complexity index is 857. The molecule has 164 valence electrons. The summed E-state index contributed by atoms with van der Waals surface area (Å²) in [6, 6.07) is -1.13. The van der Waals surface area contributed by atoms with Crippen molar-refractivity contribution < 1.29 is 38.9 Å². The Labute approximate surface area is 177 Å². The van der Waals surface area contributed by atoms with E-state index in [9.17, 15) is 29.4 Å². The molecule has 0 bridgehead atoms. The highest BCUT2D eigenvalue weighted by Crippen LogP contribution is 2.35. The number of fused-ring (bicyclic) bond motifs is 1. The van der Waals surface area contributed by atoms with Gasteiger partial charge in [0.2, 0.25) is 11.8 Å². The number of aromatic hydroxyl groups is 1. The Kier molecular flexibility index (Phi) is 7.93. The molecule has 1 aliphatic rings. The normalized spacial score (nSPS) is 20.0. The molecule has 11 heteroatoms. The van der Waals surface area contributed by atoms with Crippen LogP contribution in [0.15, 0.2) is 6.07 Å². The average molecular weight is 440 g/mol. The molecule has 0 fully saturated rings. The van der Waals surface area contributed by atoms with Crippen molar-refractivity contribution >= 4 is 35.5 Å². The number of esters is 1. The van der Waals surface area contributed by atoms with Crippen LogP contribution in [0.25, 0.3) is 0 Å². The maximum absolute atomic E-state index is 12.8. The van der Waals surface area contributed by atoms with Crippen LogP contribution >= 0.6 is 11.8 Å². The second-order valence-electron chi connectivity index (χ2n) is 6.56. The second kappa shape index (κ2) is 10.2. The molecule has 2 amide bonds. The number of hydrogen-bond donors (Lipinski definition) is 4. The van der Waals surface area contributed by atoms with E-state index in [0.717, 1.165) is 11.8 Å². The molecule has 1 heterocycles. The summed E-state index contributed by atoms with van der Waals surface area (Å²) in [5.41, 5.74) is 0.780. The van der Waals surface area contributed by atoms with Crippen molar-refractivity contribution in [1.82, 2.24) is 10.6 Å². The van der Waals surface area contributed by atoms with Gasteiger partial charge in [-0.1, -0.05) is 6.92 Å². The van der Waals surface area contributed by atoms with Crippen LogP contribution in [-0.2, 0) is 24.9 Å². The van der Waals surface area contributed by atoms with Gasteiger partial charge in [0, 0.05) is 35.1 Å². The molecule has 0 saturated carbocycles. The molecule has 1 aromatic carbocycles. The number of nitrogens with one attached hydrogen (secondary N) is 2. The van der Waals surface area contributed by atoms with E-state index in [0.29, 0.717) is 5.56 Å². The number of benzene rings is 1. The molecular formula is C19H24N2O8S. The van der Waals surface area contributed by atoms with Crippen LogP contribution in [0.1, 0.15) is 34.8 Å². The van der Waals surface area contributed by atoms with Crippen LogP contribution < -0.4 is 15.4 Å². The molecule has 1 aromatic rings. The lowest BCUT2D eigenvalue weighted by molar-refractivity contribution is -0.141. The predicted molar refractivity (Wildman–Crippen MR) is 108 cm³/mol. The molecule has 0 radical (unpaired) electrons. The summed E-state index contributed by atoms with van der Waals surface area (Å²) in [7, 11) is 1.39. The van der Waals surface area contributed by atoms with Crippen LogP contribution in [0.5, 0.6) is 11.5 Å². The van der Waals surface area contributed by atoms with E-state index in [2.05, 4.69) is 10.6 Å². The van der Waals surface area contributed by atoms with Crippen molar-refractivity contribution in [1.29, 1.82) is 0 Å². The average Bonchev–Trinajstić information content (AvgIpc) is 2.70. The smallest absolute Gasteiger partial charge is 0.339 e. The lowest BCUT2D eigenvalue weighted by atomic mass is 10.0. The van der Waals surface area contributed by atoms with Gasteiger partial charge in [-0.3, -0.25) is 9.59 Å². The number of thioether (sulfide) groups is 1. The highest BCUT2D eigenvalue weighted by molar-refractivity contribution is 7.98. The second-order valence-corrected chi connectivity index (χ2v) is 7.59. The van der Waals surface area contributed by atoms with Crippen LogP contribution in [0.3, 0.4) is 0 Å². The minimum atomic E-state index is -1.27. The topological polar surface area (TPSA) is 151 Å². The number of rotatable bonds is 4. The van der Waals surface area contributed by atoms with Crippen LogP contribution in [0.2, 0.25) is 0 Å². The van der Waals surface area contributed by atoms with Gasteiger partial charge in [-0.05, 0) is 6.92 Å². The van der Waals surface area contributed by atoms with Crippen LogP contribution in [-0.4, -0.2) is 65.5 Å². The van der Waals surface area contributed by atoms with Crippen LogP contribution in [0.4, 0.5) is 0 Å². The number of phenols is 1. The Balaban J connectivity index is 2.47. The summed E-state index contributed by atoms with van der Waals surface area (Å²) < 4.78 is 10.5. The molecule has 2 rings (SSSR count). The number of carbonyl (C=O) groups is 4. The van der Waals surface area contributed by atoms with Gasteiger partial charge in [0.25, 0.3) is 0 Å². The van der Waals surface area contributed by atoms with Crippen molar-refractivity contribution in [3.05, 3.63) is 22.8 Å². The van der Waals surface area contributed by atoms with E-state index in [-0.39, 0.29) is 40.6 Å². The first-order valence-electron chi connectivity index (χ1n) is 9.16. The van der Waals surface area contributed by atoms with E-state index in [4.69, 9.17) is 9.47 Å². The van der Waals surface area contributed by atoms with E-state index in [1.807, 2.05) is 0 Å². The zero-order valence-electron chi connectivity index (χ0n) is 16.8. The summed E-state index contributed by atoms with van der Waals surface area (Å²) in [6.45, 7) is 2.70. The SMILES string of the molecule is CCC(=O)N[C@H]1COC(=O)c2c(C)c(OC)cc(O)c2CSC[C@@H](C(=O)O)NC1=O. The lowest BCUT2D eigenvalue weighted by Crippen LogP contribution is -2.54. The van der Waals surface area contributed by atoms with Gasteiger partial charge < -0.3 is 30.3 Å². The van der Waals surface area contributed by atoms with Crippen LogP contribution in [0, 0.1) is 6.92 Å². The van der Waals surface area contributed by atoms with Crippen molar-refractivity contribution in [2.24, 2.45) is 0 Å². The number of carbonyl (C=O) groups excluding carboxylic acids is 3. The van der Waals surface area contributed by atoms with Crippen molar-refractivity contribution in [2.75, 3.05) is 19.5 Å². The largest absolute Gasteiger partial charge is 0.507 e. The molecule has 10 nitrogen and oxygen atoms in total. The first-order valence-corrected chi connectivity index (χ1v) is 10.3. The highest BCUT2D eigenvalue weighted by atomic mass is 32.2. The van der Waals surface area contributed by atoms with Gasteiger partial charge >= 0.3 is 11.9 Å².